The van der Waals surface area contributed by atoms with Gasteiger partial charge in [-0.15, -0.1) is 0 Å². The van der Waals surface area contributed by atoms with Gasteiger partial charge in [0.15, 0.2) is 11.5 Å². The van der Waals surface area contributed by atoms with Crippen molar-refractivity contribution in [3.63, 3.8) is 0 Å². The number of nitrogens with one attached hydrogen (secondary N) is 1. The fourth-order valence-electron chi connectivity index (χ4n) is 3.61. The number of carbonyl (C=O) groups excluding carboxylic acids is 2. The highest BCUT2D eigenvalue weighted by atomic mass is 16.5. The molecule has 6 nitrogen and oxygen atoms in total. The highest BCUT2D eigenvalue weighted by Gasteiger charge is 2.29. The minimum Gasteiger partial charge on any atom is -0.493 e. The van der Waals surface area contributed by atoms with E-state index in [-0.39, 0.29) is 24.2 Å². The third-order valence-corrected chi connectivity index (χ3v) is 5.21. The van der Waals surface area contributed by atoms with E-state index in [1.807, 2.05) is 35.2 Å². The minimum absolute atomic E-state index is 0.0626. The van der Waals surface area contributed by atoms with Gasteiger partial charge < -0.3 is 19.7 Å². The quantitative estimate of drug-likeness (QED) is 0.707. The van der Waals surface area contributed by atoms with Crippen molar-refractivity contribution in [2.24, 2.45) is 5.92 Å². The molecule has 1 fully saturated rings. The first-order valence-electron chi connectivity index (χ1n) is 9.88. The summed E-state index contributed by atoms with van der Waals surface area (Å²) >= 11 is 0. The van der Waals surface area contributed by atoms with E-state index in [9.17, 15) is 9.59 Å². The van der Waals surface area contributed by atoms with E-state index < -0.39 is 0 Å². The molecule has 0 aromatic heterocycles. The van der Waals surface area contributed by atoms with E-state index in [0.717, 1.165) is 18.5 Å². The van der Waals surface area contributed by atoms with Crippen molar-refractivity contribution >= 4 is 11.8 Å². The van der Waals surface area contributed by atoms with Gasteiger partial charge in [0.25, 0.3) is 0 Å². The highest BCUT2D eigenvalue weighted by molar-refractivity contribution is 5.80. The van der Waals surface area contributed by atoms with Crippen LogP contribution in [-0.2, 0) is 22.4 Å². The second-order valence-electron chi connectivity index (χ2n) is 7.32. The van der Waals surface area contributed by atoms with Crippen LogP contribution in [0.2, 0.25) is 0 Å². The van der Waals surface area contributed by atoms with Gasteiger partial charge in [0.1, 0.15) is 0 Å². The number of rotatable bonds is 9. The maximum Gasteiger partial charge on any atom is 0.224 e. The van der Waals surface area contributed by atoms with Gasteiger partial charge >= 0.3 is 0 Å². The van der Waals surface area contributed by atoms with Crippen molar-refractivity contribution in [2.75, 3.05) is 33.9 Å². The number of hydrogen-bond donors (Lipinski definition) is 1. The Bertz CT molecular complexity index is 838. The number of amides is 2. The molecule has 154 valence electrons. The van der Waals surface area contributed by atoms with Gasteiger partial charge in [-0.1, -0.05) is 36.4 Å². The topological polar surface area (TPSA) is 67.9 Å². The number of carbonyl (C=O) groups is 2. The van der Waals surface area contributed by atoms with Crippen molar-refractivity contribution in [3.8, 4) is 11.5 Å². The second-order valence-corrected chi connectivity index (χ2v) is 7.32. The summed E-state index contributed by atoms with van der Waals surface area (Å²) in [6, 6.07) is 15.6. The summed E-state index contributed by atoms with van der Waals surface area (Å²) < 4.78 is 10.5. The number of benzene rings is 2. The molecule has 0 bridgehead atoms. The first-order valence-corrected chi connectivity index (χ1v) is 9.88. The number of hydrogen-bond acceptors (Lipinski definition) is 4. The molecular formula is C23H28N2O4. The summed E-state index contributed by atoms with van der Waals surface area (Å²) in [7, 11) is 3.15. The van der Waals surface area contributed by atoms with Crippen molar-refractivity contribution in [1.29, 1.82) is 0 Å². The van der Waals surface area contributed by atoms with Gasteiger partial charge in [-0.05, 0) is 29.7 Å². The van der Waals surface area contributed by atoms with Crippen LogP contribution < -0.4 is 14.8 Å². The summed E-state index contributed by atoms with van der Waals surface area (Å²) in [5, 5.41) is 2.96. The van der Waals surface area contributed by atoms with Gasteiger partial charge in [-0.25, -0.2) is 0 Å². The first kappa shape index (κ1) is 20.7. The predicted octanol–water partition coefficient (Wildman–Crippen LogP) is 2.45. The van der Waals surface area contributed by atoms with Gasteiger partial charge in [0.2, 0.25) is 11.8 Å². The largest absolute Gasteiger partial charge is 0.493 e. The van der Waals surface area contributed by atoms with Gasteiger partial charge in [0.05, 0.1) is 20.6 Å². The number of ether oxygens (including phenoxy) is 2. The molecule has 1 saturated heterocycles. The summed E-state index contributed by atoms with van der Waals surface area (Å²) in [4.78, 5) is 26.5. The van der Waals surface area contributed by atoms with Crippen LogP contribution in [0.3, 0.4) is 0 Å². The van der Waals surface area contributed by atoms with E-state index in [4.69, 9.17) is 9.47 Å². The average Bonchev–Trinajstić information content (AvgIpc) is 3.11. The predicted molar refractivity (Wildman–Crippen MR) is 111 cm³/mol. The molecule has 1 heterocycles. The average molecular weight is 396 g/mol. The molecule has 0 aliphatic carbocycles. The van der Waals surface area contributed by atoms with Crippen molar-refractivity contribution < 1.29 is 19.1 Å². The molecule has 0 spiro atoms. The van der Waals surface area contributed by atoms with Crippen LogP contribution in [0.25, 0.3) is 0 Å². The van der Waals surface area contributed by atoms with Crippen LogP contribution in [0.4, 0.5) is 0 Å². The molecule has 29 heavy (non-hydrogen) atoms. The molecule has 2 amide bonds. The Kier molecular flexibility index (Phi) is 7.11. The van der Waals surface area contributed by atoms with Gasteiger partial charge in [0, 0.05) is 32.0 Å². The lowest BCUT2D eigenvalue weighted by Crippen LogP contribution is -2.32. The number of likely N-dealkylation sites (tertiary alicyclic amines) is 1. The molecule has 1 unspecified atom stereocenters. The Morgan fingerprint density at radius 3 is 2.55 bits per heavy atom. The maximum absolute atomic E-state index is 12.3. The molecule has 1 atom stereocenters. The highest BCUT2D eigenvalue weighted by Crippen LogP contribution is 2.27. The van der Waals surface area contributed by atoms with Crippen LogP contribution in [0.1, 0.15) is 17.5 Å². The van der Waals surface area contributed by atoms with Crippen LogP contribution in [-0.4, -0.2) is 50.6 Å². The van der Waals surface area contributed by atoms with Crippen LogP contribution in [0.5, 0.6) is 11.5 Å². The second kappa shape index (κ2) is 9.96. The standard InChI is InChI=1S/C23H28N2O4/c1-28-20-9-8-18(12-21(20)29-2)13-22(26)24-15-19-14-23(27)25(16-19)11-10-17-6-4-3-5-7-17/h3-9,12,19H,10-11,13-16H2,1-2H3,(H,24,26). The minimum atomic E-state index is -0.0626. The van der Waals surface area contributed by atoms with E-state index in [1.165, 1.54) is 5.56 Å². The Balaban J connectivity index is 1.44. The molecule has 0 saturated carbocycles. The van der Waals surface area contributed by atoms with Crippen molar-refractivity contribution in [3.05, 3.63) is 59.7 Å². The van der Waals surface area contributed by atoms with E-state index >= 15 is 0 Å². The van der Waals surface area contributed by atoms with Gasteiger partial charge in [-0.2, -0.15) is 0 Å². The van der Waals surface area contributed by atoms with E-state index in [2.05, 4.69) is 17.4 Å². The van der Waals surface area contributed by atoms with Crippen LogP contribution >= 0.6 is 0 Å². The lowest BCUT2D eigenvalue weighted by Gasteiger charge is -2.17. The number of nitrogens with zero attached hydrogens (tertiary/aromatic N) is 1. The van der Waals surface area contributed by atoms with Gasteiger partial charge in [-0.3, -0.25) is 9.59 Å². The molecule has 2 aromatic carbocycles. The zero-order chi connectivity index (χ0) is 20.6. The molecule has 2 aromatic rings. The lowest BCUT2D eigenvalue weighted by atomic mass is 10.1. The first-order chi connectivity index (χ1) is 14.1. The lowest BCUT2D eigenvalue weighted by molar-refractivity contribution is -0.127. The summed E-state index contributed by atoms with van der Waals surface area (Å²) in [6.07, 6.45) is 1.61. The van der Waals surface area contributed by atoms with E-state index in [0.29, 0.717) is 31.0 Å². The Hall–Kier alpha value is -3.02. The van der Waals surface area contributed by atoms with Crippen LogP contribution in [0, 0.1) is 5.92 Å². The molecule has 1 aliphatic heterocycles. The molecule has 1 aliphatic rings. The third kappa shape index (κ3) is 5.73. The molecule has 6 heteroatoms. The molecule has 3 rings (SSSR count). The number of methoxy groups -OCH3 is 2. The normalized spacial score (nSPS) is 16.0. The SMILES string of the molecule is COc1ccc(CC(=O)NCC2CC(=O)N(CCc3ccccc3)C2)cc1OC. The zero-order valence-electron chi connectivity index (χ0n) is 17.0. The Labute approximate surface area is 171 Å². The summed E-state index contributed by atoms with van der Waals surface area (Å²) in [5.74, 6) is 1.50. The monoisotopic (exact) mass is 396 g/mol. The molecule has 1 N–H and O–H groups in total. The summed E-state index contributed by atoms with van der Waals surface area (Å²) in [6.45, 7) is 1.93. The van der Waals surface area contributed by atoms with Crippen LogP contribution in [0.15, 0.2) is 48.5 Å². The van der Waals surface area contributed by atoms with E-state index in [1.54, 1.807) is 20.3 Å². The Morgan fingerprint density at radius 1 is 1.07 bits per heavy atom. The molecule has 0 radical (unpaired) electrons. The smallest absolute Gasteiger partial charge is 0.224 e. The molecular weight excluding hydrogens is 368 g/mol. The fourth-order valence-corrected chi connectivity index (χ4v) is 3.61. The fraction of sp³-hybridized carbons (Fsp3) is 0.391. The zero-order valence-corrected chi connectivity index (χ0v) is 17.0. The third-order valence-electron chi connectivity index (χ3n) is 5.21. The van der Waals surface area contributed by atoms with Crippen molar-refractivity contribution in [1.82, 2.24) is 10.2 Å². The Morgan fingerprint density at radius 2 is 1.83 bits per heavy atom. The van der Waals surface area contributed by atoms with Crippen molar-refractivity contribution in [2.45, 2.75) is 19.3 Å². The summed E-state index contributed by atoms with van der Waals surface area (Å²) in [5.41, 5.74) is 2.08. The maximum atomic E-state index is 12.3.